The predicted octanol–water partition coefficient (Wildman–Crippen LogP) is 4.19. The van der Waals surface area contributed by atoms with Gasteiger partial charge in [0.2, 0.25) is 11.8 Å². The van der Waals surface area contributed by atoms with Crippen molar-refractivity contribution in [1.29, 1.82) is 0 Å². The van der Waals surface area contributed by atoms with Gasteiger partial charge in [0.25, 0.3) is 0 Å². The molecule has 2 saturated carbocycles. The predicted molar refractivity (Wildman–Crippen MR) is 130 cm³/mol. The number of aliphatic imine (C=N–C) groups is 1. The van der Waals surface area contributed by atoms with Gasteiger partial charge in [-0.1, -0.05) is 39.2 Å². The maximum Gasteiger partial charge on any atom is 0.249 e. The number of amidine groups is 1. The Morgan fingerprint density at radius 2 is 1.81 bits per heavy atom. The highest BCUT2D eigenvalue weighted by molar-refractivity contribution is 6.00. The summed E-state index contributed by atoms with van der Waals surface area (Å²) < 4.78 is 0. The van der Waals surface area contributed by atoms with Gasteiger partial charge in [0.1, 0.15) is 0 Å². The van der Waals surface area contributed by atoms with Gasteiger partial charge in [0, 0.05) is 43.0 Å². The molecule has 0 bridgehead atoms. The average Bonchev–Trinajstić information content (AvgIpc) is 2.96. The van der Waals surface area contributed by atoms with E-state index in [0.717, 1.165) is 50.8 Å². The minimum absolute atomic E-state index is 0.000543. The fourth-order valence-corrected chi connectivity index (χ4v) is 5.82. The van der Waals surface area contributed by atoms with Crippen LogP contribution in [-0.2, 0) is 9.59 Å². The molecule has 1 aliphatic heterocycles. The van der Waals surface area contributed by atoms with Gasteiger partial charge in [-0.25, -0.2) is 0 Å². The number of hydrogen-bond donors (Lipinski definition) is 2. The van der Waals surface area contributed by atoms with Crippen molar-refractivity contribution in [3.63, 3.8) is 0 Å². The lowest BCUT2D eigenvalue weighted by Gasteiger charge is -2.34. The summed E-state index contributed by atoms with van der Waals surface area (Å²) >= 11 is 0. The molecule has 3 unspecified atom stereocenters. The first-order valence-corrected chi connectivity index (χ1v) is 13.0. The largest absolute Gasteiger partial charge is 0.387 e. The second kappa shape index (κ2) is 11.9. The van der Waals surface area contributed by atoms with Crippen molar-refractivity contribution in [3.05, 3.63) is 11.6 Å². The van der Waals surface area contributed by atoms with E-state index < -0.39 is 0 Å². The maximum absolute atomic E-state index is 13.2. The van der Waals surface area contributed by atoms with Crippen LogP contribution in [0.1, 0.15) is 91.4 Å². The molecule has 4 atom stereocenters. The number of nitrogens with zero attached hydrogens (tertiary/aromatic N) is 2. The quantitative estimate of drug-likeness (QED) is 0.588. The van der Waals surface area contributed by atoms with E-state index in [1.807, 2.05) is 4.90 Å². The van der Waals surface area contributed by atoms with E-state index in [9.17, 15) is 9.59 Å². The molecule has 0 aromatic heterocycles. The van der Waals surface area contributed by atoms with E-state index in [2.05, 4.69) is 32.2 Å². The number of nitrogens with one attached hydrogen (secondary N) is 1. The van der Waals surface area contributed by atoms with Gasteiger partial charge >= 0.3 is 0 Å². The number of nitrogens with two attached hydrogens (primary N) is 1. The van der Waals surface area contributed by atoms with Crippen LogP contribution in [0.4, 0.5) is 0 Å². The maximum atomic E-state index is 13.2. The molecule has 2 aliphatic carbocycles. The zero-order valence-corrected chi connectivity index (χ0v) is 20.4. The molecule has 3 rings (SSSR count). The monoisotopic (exact) mass is 444 g/mol. The molecule has 0 radical (unpaired) electrons. The van der Waals surface area contributed by atoms with Crippen LogP contribution in [-0.4, -0.2) is 47.7 Å². The average molecular weight is 445 g/mol. The highest BCUT2D eigenvalue weighted by Gasteiger charge is 2.36. The van der Waals surface area contributed by atoms with Crippen LogP contribution in [0.3, 0.4) is 0 Å². The van der Waals surface area contributed by atoms with Gasteiger partial charge in [-0.3, -0.25) is 14.6 Å². The first-order chi connectivity index (χ1) is 15.4. The van der Waals surface area contributed by atoms with Crippen LogP contribution in [0.25, 0.3) is 0 Å². The first kappa shape index (κ1) is 24.8. The van der Waals surface area contributed by atoms with E-state index in [0.29, 0.717) is 18.2 Å². The number of carbonyl (C=O) groups is 2. The zero-order valence-electron chi connectivity index (χ0n) is 20.4. The first-order valence-electron chi connectivity index (χ1n) is 13.0. The smallest absolute Gasteiger partial charge is 0.249 e. The molecular formula is C26H44N4O2. The van der Waals surface area contributed by atoms with Gasteiger partial charge < -0.3 is 16.0 Å². The van der Waals surface area contributed by atoms with Crippen LogP contribution in [0, 0.1) is 17.8 Å². The summed E-state index contributed by atoms with van der Waals surface area (Å²) in [5.41, 5.74) is 7.04. The topological polar surface area (TPSA) is 87.8 Å². The van der Waals surface area contributed by atoms with Crippen molar-refractivity contribution >= 4 is 17.6 Å². The van der Waals surface area contributed by atoms with E-state index in [4.69, 9.17) is 10.7 Å². The van der Waals surface area contributed by atoms with Crippen molar-refractivity contribution < 1.29 is 9.59 Å². The van der Waals surface area contributed by atoms with E-state index in [-0.39, 0.29) is 35.7 Å². The highest BCUT2D eigenvalue weighted by Crippen LogP contribution is 2.35. The van der Waals surface area contributed by atoms with Crippen molar-refractivity contribution in [2.24, 2.45) is 28.5 Å². The summed E-state index contributed by atoms with van der Waals surface area (Å²) in [6, 6.07) is 0.246. The Kier molecular flexibility index (Phi) is 9.18. The van der Waals surface area contributed by atoms with Crippen LogP contribution in [0.5, 0.6) is 0 Å². The second-order valence-electron chi connectivity index (χ2n) is 10.2. The summed E-state index contributed by atoms with van der Waals surface area (Å²) in [6.07, 6.45) is 13.3. The molecule has 2 amide bonds. The van der Waals surface area contributed by atoms with E-state index >= 15 is 0 Å². The number of rotatable bonds is 8. The third-order valence-electron chi connectivity index (χ3n) is 7.63. The molecule has 0 aromatic rings. The second-order valence-corrected chi connectivity index (χ2v) is 10.2. The SMILES string of the molecule is CCCN(CCC)C(=O)C1=CC2CCC(C(=O)N[C@H](C)C3CCCCC3)CC2N=C(N)C1. The van der Waals surface area contributed by atoms with Gasteiger partial charge in [-0.05, 0) is 57.8 Å². The lowest BCUT2D eigenvalue weighted by atomic mass is 9.77. The third kappa shape index (κ3) is 6.35. The highest BCUT2D eigenvalue weighted by atomic mass is 16.2. The minimum atomic E-state index is -0.0128. The Morgan fingerprint density at radius 3 is 2.47 bits per heavy atom. The fourth-order valence-electron chi connectivity index (χ4n) is 5.82. The molecule has 0 aromatic carbocycles. The molecular weight excluding hydrogens is 400 g/mol. The van der Waals surface area contributed by atoms with Crippen LogP contribution in [0.2, 0.25) is 0 Å². The summed E-state index contributed by atoms with van der Waals surface area (Å²) in [4.78, 5) is 32.9. The summed E-state index contributed by atoms with van der Waals surface area (Å²) in [7, 11) is 0. The normalized spacial score (nSPS) is 27.4. The van der Waals surface area contributed by atoms with Gasteiger partial charge in [0.15, 0.2) is 0 Å². The standard InChI is InChI=1S/C26H44N4O2/c1-4-13-30(14-5-2)26(32)22-15-20-11-12-21(16-23(20)29-24(27)17-22)25(31)28-18(3)19-9-7-6-8-10-19/h15,18-21,23H,4-14,16-17H2,1-3H3,(H2,27,29)(H,28,31)/t18-,20?,21?,23?/m1/s1. The Hall–Kier alpha value is -1.85. The van der Waals surface area contributed by atoms with Crippen molar-refractivity contribution in [2.75, 3.05) is 13.1 Å². The Labute approximate surface area is 194 Å². The molecule has 3 aliphatic rings. The molecule has 6 nitrogen and oxygen atoms in total. The summed E-state index contributed by atoms with van der Waals surface area (Å²) in [5.74, 6) is 1.61. The van der Waals surface area contributed by atoms with Crippen molar-refractivity contribution in [2.45, 2.75) is 103 Å². The van der Waals surface area contributed by atoms with E-state index in [1.54, 1.807) is 0 Å². The van der Waals surface area contributed by atoms with Gasteiger partial charge in [0.05, 0.1) is 11.9 Å². The van der Waals surface area contributed by atoms with Crippen LogP contribution in [0.15, 0.2) is 16.6 Å². The number of hydrogen-bond acceptors (Lipinski definition) is 4. The molecule has 1 heterocycles. The molecule has 0 spiro atoms. The van der Waals surface area contributed by atoms with E-state index in [1.165, 1.54) is 32.1 Å². The van der Waals surface area contributed by atoms with Gasteiger partial charge in [-0.2, -0.15) is 0 Å². The fraction of sp³-hybridized carbons (Fsp3) is 0.808. The lowest BCUT2D eigenvalue weighted by Crippen LogP contribution is -2.44. The van der Waals surface area contributed by atoms with Crippen molar-refractivity contribution in [3.8, 4) is 0 Å². The van der Waals surface area contributed by atoms with Crippen LogP contribution >= 0.6 is 0 Å². The summed E-state index contributed by atoms with van der Waals surface area (Å²) in [5, 5.41) is 3.32. The van der Waals surface area contributed by atoms with Gasteiger partial charge in [-0.15, -0.1) is 0 Å². The van der Waals surface area contributed by atoms with Crippen LogP contribution < -0.4 is 11.1 Å². The molecule has 2 fully saturated rings. The molecule has 6 heteroatoms. The Balaban J connectivity index is 1.63. The number of fused-ring (bicyclic) bond motifs is 1. The Morgan fingerprint density at radius 1 is 1.12 bits per heavy atom. The Bertz CT molecular complexity index is 705. The molecule has 180 valence electrons. The minimum Gasteiger partial charge on any atom is -0.387 e. The third-order valence-corrected chi connectivity index (χ3v) is 7.63. The molecule has 0 saturated heterocycles. The number of amides is 2. The summed E-state index contributed by atoms with van der Waals surface area (Å²) in [6.45, 7) is 7.92. The van der Waals surface area contributed by atoms with Crippen molar-refractivity contribution in [1.82, 2.24) is 10.2 Å². The lowest BCUT2D eigenvalue weighted by molar-refractivity contribution is -0.128. The zero-order chi connectivity index (χ0) is 23.1. The molecule has 32 heavy (non-hydrogen) atoms. The molecule has 3 N–H and O–H groups in total. The number of carbonyl (C=O) groups excluding carboxylic acids is 2.